The average molecular weight is 471 g/mol. The fourth-order valence-electron chi connectivity index (χ4n) is 4.71. The Labute approximate surface area is 199 Å². The lowest BCUT2D eigenvalue weighted by atomic mass is 9.73. The van der Waals surface area contributed by atoms with E-state index in [1.807, 2.05) is 30.3 Å². The average Bonchev–Trinajstić information content (AvgIpc) is 2.87. The van der Waals surface area contributed by atoms with E-state index in [2.05, 4.69) is 26.1 Å². The largest absolute Gasteiger partial charge is 0.357 e. The van der Waals surface area contributed by atoms with Crippen molar-refractivity contribution in [1.29, 1.82) is 0 Å². The molecule has 1 heterocycles. The molecule has 4 rings (SSSR count). The molecule has 6 heteroatoms. The van der Waals surface area contributed by atoms with Crippen LogP contribution in [0.4, 0.5) is 11.4 Å². The number of carbonyl (C=O) groups excluding carboxylic acids is 2. The number of nitrogens with zero attached hydrogens (tertiary/aromatic N) is 1. The van der Waals surface area contributed by atoms with Crippen molar-refractivity contribution in [3.63, 3.8) is 0 Å². The van der Waals surface area contributed by atoms with Gasteiger partial charge in [0.1, 0.15) is 0 Å². The molecule has 32 heavy (non-hydrogen) atoms. The quantitative estimate of drug-likeness (QED) is 0.508. The number of halogens is 2. The third-order valence-corrected chi connectivity index (χ3v) is 6.91. The van der Waals surface area contributed by atoms with Crippen LogP contribution in [0.5, 0.6) is 0 Å². The highest BCUT2D eigenvalue weighted by Crippen LogP contribution is 2.49. The first-order valence-electron chi connectivity index (χ1n) is 11.1. The maximum atomic E-state index is 13.6. The van der Waals surface area contributed by atoms with Crippen molar-refractivity contribution in [2.75, 3.05) is 10.2 Å². The molecule has 0 aromatic heterocycles. The van der Waals surface area contributed by atoms with Crippen LogP contribution in [-0.4, -0.2) is 11.7 Å². The van der Waals surface area contributed by atoms with E-state index in [0.717, 1.165) is 41.9 Å². The Morgan fingerprint density at radius 2 is 1.88 bits per heavy atom. The van der Waals surface area contributed by atoms with E-state index in [4.69, 9.17) is 23.2 Å². The molecule has 0 saturated heterocycles. The van der Waals surface area contributed by atoms with Crippen molar-refractivity contribution in [3.05, 3.63) is 69.3 Å². The Hall–Kier alpha value is -2.30. The number of ketones is 1. The number of amides is 1. The Morgan fingerprint density at radius 1 is 1.12 bits per heavy atom. The lowest BCUT2D eigenvalue weighted by Gasteiger charge is -2.37. The molecule has 2 aromatic carbocycles. The summed E-state index contributed by atoms with van der Waals surface area (Å²) in [7, 11) is 0. The fourth-order valence-corrected chi connectivity index (χ4v) is 5.02. The van der Waals surface area contributed by atoms with E-state index in [1.165, 1.54) is 0 Å². The first-order valence-corrected chi connectivity index (χ1v) is 11.9. The van der Waals surface area contributed by atoms with Gasteiger partial charge in [0.2, 0.25) is 5.91 Å². The molecule has 0 saturated carbocycles. The summed E-state index contributed by atoms with van der Waals surface area (Å²) in [4.78, 5) is 29.0. The van der Waals surface area contributed by atoms with Gasteiger partial charge in [0, 0.05) is 24.1 Å². The molecule has 1 aliphatic heterocycles. The number of rotatable bonds is 4. The van der Waals surface area contributed by atoms with Crippen LogP contribution in [0.25, 0.3) is 0 Å². The van der Waals surface area contributed by atoms with Gasteiger partial charge in [0.05, 0.1) is 27.5 Å². The third-order valence-electron chi connectivity index (χ3n) is 6.17. The second-order valence-electron chi connectivity index (χ2n) is 9.42. The number of unbranched alkanes of at least 4 members (excludes halogenated alkanes) is 1. The second kappa shape index (κ2) is 8.92. The highest BCUT2D eigenvalue weighted by Gasteiger charge is 2.43. The summed E-state index contributed by atoms with van der Waals surface area (Å²) >= 11 is 12.6. The minimum absolute atomic E-state index is 0.0106. The molecule has 168 valence electrons. The summed E-state index contributed by atoms with van der Waals surface area (Å²) in [6.45, 7) is 6.27. The summed E-state index contributed by atoms with van der Waals surface area (Å²) in [5.74, 6) is 0.0458. The number of benzene rings is 2. The molecule has 2 aromatic rings. The van der Waals surface area contributed by atoms with Gasteiger partial charge < -0.3 is 5.32 Å². The Kier molecular flexibility index (Phi) is 6.37. The van der Waals surface area contributed by atoms with Crippen molar-refractivity contribution in [2.45, 2.75) is 58.9 Å². The third kappa shape index (κ3) is 4.31. The molecule has 1 N–H and O–H groups in total. The highest BCUT2D eigenvalue weighted by molar-refractivity contribution is 6.42. The minimum Gasteiger partial charge on any atom is -0.357 e. The summed E-state index contributed by atoms with van der Waals surface area (Å²) in [6, 6.07) is 12.6. The molecule has 0 bridgehead atoms. The van der Waals surface area contributed by atoms with E-state index in [1.54, 1.807) is 17.0 Å². The van der Waals surface area contributed by atoms with E-state index in [9.17, 15) is 9.59 Å². The summed E-state index contributed by atoms with van der Waals surface area (Å²) < 4.78 is 0. The molecule has 0 unspecified atom stereocenters. The molecular weight excluding hydrogens is 443 g/mol. The number of Topliss-reactive ketones (excluding diaryl/α,β-unsaturated/α-hetero) is 1. The van der Waals surface area contributed by atoms with Crippen molar-refractivity contribution in [3.8, 4) is 0 Å². The van der Waals surface area contributed by atoms with Crippen molar-refractivity contribution in [2.24, 2.45) is 5.41 Å². The highest BCUT2D eigenvalue weighted by atomic mass is 35.5. The number of para-hydroxylation sites is 2. The van der Waals surface area contributed by atoms with Crippen LogP contribution in [0, 0.1) is 5.41 Å². The molecule has 0 radical (unpaired) electrons. The van der Waals surface area contributed by atoms with Gasteiger partial charge in [-0.3, -0.25) is 14.5 Å². The molecule has 1 aliphatic carbocycles. The van der Waals surface area contributed by atoms with E-state index >= 15 is 0 Å². The van der Waals surface area contributed by atoms with Crippen LogP contribution >= 0.6 is 23.2 Å². The Morgan fingerprint density at radius 3 is 2.59 bits per heavy atom. The van der Waals surface area contributed by atoms with Crippen LogP contribution in [-0.2, 0) is 9.59 Å². The molecule has 1 atom stereocenters. The van der Waals surface area contributed by atoms with Gasteiger partial charge in [-0.25, -0.2) is 0 Å². The predicted octanol–water partition coefficient (Wildman–Crippen LogP) is 7.33. The van der Waals surface area contributed by atoms with Gasteiger partial charge in [-0.1, -0.05) is 68.6 Å². The van der Waals surface area contributed by atoms with Gasteiger partial charge >= 0.3 is 0 Å². The zero-order valence-electron chi connectivity index (χ0n) is 18.7. The van der Waals surface area contributed by atoms with Gasteiger partial charge in [0.25, 0.3) is 0 Å². The van der Waals surface area contributed by atoms with Crippen LogP contribution in [0.15, 0.2) is 53.7 Å². The zero-order valence-corrected chi connectivity index (χ0v) is 20.2. The van der Waals surface area contributed by atoms with Crippen LogP contribution in [0.2, 0.25) is 10.0 Å². The Balaban J connectivity index is 1.98. The molecule has 0 spiro atoms. The van der Waals surface area contributed by atoms with Crippen molar-refractivity contribution < 1.29 is 9.59 Å². The normalized spacial score (nSPS) is 19.7. The van der Waals surface area contributed by atoms with Crippen LogP contribution in [0.1, 0.15) is 64.5 Å². The summed E-state index contributed by atoms with van der Waals surface area (Å²) in [6.07, 6.45) is 3.25. The Bertz CT molecular complexity index is 1110. The number of anilines is 2. The first kappa shape index (κ1) is 22.9. The van der Waals surface area contributed by atoms with Crippen molar-refractivity contribution in [1.82, 2.24) is 0 Å². The minimum atomic E-state index is -0.566. The molecule has 2 aliphatic rings. The number of fused-ring (bicyclic) bond motifs is 1. The van der Waals surface area contributed by atoms with E-state index in [0.29, 0.717) is 28.5 Å². The van der Waals surface area contributed by atoms with Crippen LogP contribution < -0.4 is 10.2 Å². The van der Waals surface area contributed by atoms with Gasteiger partial charge in [0.15, 0.2) is 5.78 Å². The number of nitrogens with one attached hydrogen (secondary N) is 1. The maximum Gasteiger partial charge on any atom is 0.227 e. The number of hydrogen-bond acceptors (Lipinski definition) is 3. The molecule has 0 fully saturated rings. The number of hydrogen-bond donors (Lipinski definition) is 1. The van der Waals surface area contributed by atoms with Gasteiger partial charge in [-0.2, -0.15) is 0 Å². The lowest BCUT2D eigenvalue weighted by Crippen LogP contribution is -2.39. The van der Waals surface area contributed by atoms with Gasteiger partial charge in [-0.05, 0) is 48.1 Å². The molecular formula is C26H28Cl2N2O2. The van der Waals surface area contributed by atoms with E-state index in [-0.39, 0.29) is 17.1 Å². The zero-order chi connectivity index (χ0) is 23.0. The fraction of sp³-hybridized carbons (Fsp3) is 0.385. The molecule has 1 amide bonds. The molecule has 4 nitrogen and oxygen atoms in total. The standard InChI is InChI=1S/C26H28Cl2N2O2/c1-4-5-10-23(32)30-21-9-7-6-8-19(21)29-20-14-26(2,3)15-22(31)24(20)25(30)16-11-12-17(27)18(28)13-16/h6-9,11-13,25,29H,4-5,10,14-15H2,1-3H3/t25-/m1/s1. The number of carbonyl (C=O) groups is 2. The predicted molar refractivity (Wildman–Crippen MR) is 131 cm³/mol. The monoisotopic (exact) mass is 470 g/mol. The van der Waals surface area contributed by atoms with Crippen molar-refractivity contribution >= 4 is 46.3 Å². The lowest BCUT2D eigenvalue weighted by molar-refractivity contribution is -0.119. The first-order chi connectivity index (χ1) is 15.2. The second-order valence-corrected chi connectivity index (χ2v) is 10.2. The maximum absolute atomic E-state index is 13.6. The van der Waals surface area contributed by atoms with Crippen LogP contribution in [0.3, 0.4) is 0 Å². The number of allylic oxidation sites excluding steroid dienone is 1. The smallest absolute Gasteiger partial charge is 0.227 e. The topological polar surface area (TPSA) is 49.4 Å². The SMILES string of the molecule is CCCCC(=O)N1c2ccccc2NC2=C(C(=O)CC(C)(C)C2)[C@H]1c1ccc(Cl)c(Cl)c1. The van der Waals surface area contributed by atoms with Gasteiger partial charge in [-0.15, -0.1) is 0 Å². The summed E-state index contributed by atoms with van der Waals surface area (Å²) in [5, 5.41) is 4.37. The summed E-state index contributed by atoms with van der Waals surface area (Å²) in [5.41, 5.74) is 3.73. The van der Waals surface area contributed by atoms with E-state index < -0.39 is 6.04 Å².